The van der Waals surface area contributed by atoms with Crippen molar-refractivity contribution in [3.63, 3.8) is 0 Å². The van der Waals surface area contributed by atoms with Crippen LogP contribution in [0.1, 0.15) is 15.9 Å². The molecular weight excluding hydrogens is 316 g/mol. The Hall–Kier alpha value is -3.53. The van der Waals surface area contributed by atoms with Crippen molar-refractivity contribution in [3.8, 4) is 33.9 Å². The van der Waals surface area contributed by atoms with Crippen LogP contribution in [0.15, 0.2) is 65.1 Å². The first-order valence-electron chi connectivity index (χ1n) is 7.87. The van der Waals surface area contributed by atoms with Gasteiger partial charge in [-0.3, -0.25) is 4.79 Å². The number of fused-ring (bicyclic) bond motifs is 2. The summed E-state index contributed by atoms with van der Waals surface area (Å²) in [5.41, 5.74) is 3.39. The number of hydrogen-bond donors (Lipinski definition) is 2. The summed E-state index contributed by atoms with van der Waals surface area (Å²) in [5, 5.41) is 20.8. The zero-order chi connectivity index (χ0) is 17.1. The summed E-state index contributed by atoms with van der Waals surface area (Å²) in [4.78, 5) is 12.9. The Bertz CT molecular complexity index is 1170. The minimum Gasteiger partial charge on any atom is -0.504 e. The van der Waals surface area contributed by atoms with Gasteiger partial charge in [0.05, 0.1) is 0 Å². The molecule has 0 radical (unpaired) electrons. The van der Waals surface area contributed by atoms with E-state index in [4.69, 9.17) is 4.42 Å². The summed E-state index contributed by atoms with van der Waals surface area (Å²) in [6.07, 6.45) is 0. The first-order valence-corrected chi connectivity index (χ1v) is 7.87. The fourth-order valence-corrected chi connectivity index (χ4v) is 3.52. The molecule has 1 aliphatic carbocycles. The lowest BCUT2D eigenvalue weighted by Gasteiger charge is -2.16. The number of aromatic hydroxyl groups is 2. The van der Waals surface area contributed by atoms with Crippen molar-refractivity contribution in [2.45, 2.75) is 0 Å². The van der Waals surface area contributed by atoms with Crippen molar-refractivity contribution in [1.29, 1.82) is 0 Å². The predicted octanol–water partition coefficient (Wildman–Crippen LogP) is 4.72. The molecular formula is C21H12O4. The number of carbonyl (C=O) groups is 1. The second-order valence-electron chi connectivity index (χ2n) is 6.04. The normalized spacial score (nSPS) is 12.4. The van der Waals surface area contributed by atoms with Gasteiger partial charge < -0.3 is 14.6 Å². The molecule has 1 heterocycles. The molecule has 5 rings (SSSR count). The standard InChI is InChI=1S/C21H12O4/c22-15-10-14-17-16(12-8-4-5-9-13(12)18(14)23)20(25-21(17)19(15)24)11-6-2-1-3-7-11/h1-10,22,24H. The van der Waals surface area contributed by atoms with Gasteiger partial charge in [-0.2, -0.15) is 0 Å². The number of carbonyl (C=O) groups excluding carboxylic acids is 1. The fraction of sp³-hybridized carbons (Fsp3) is 0. The summed E-state index contributed by atoms with van der Waals surface area (Å²) in [7, 11) is 0. The third kappa shape index (κ3) is 1.73. The molecule has 0 spiro atoms. The van der Waals surface area contributed by atoms with Gasteiger partial charge in [-0.05, 0) is 11.6 Å². The van der Waals surface area contributed by atoms with Crippen LogP contribution in [0.25, 0.3) is 33.4 Å². The third-order valence-corrected chi connectivity index (χ3v) is 4.64. The van der Waals surface area contributed by atoms with E-state index in [9.17, 15) is 15.0 Å². The van der Waals surface area contributed by atoms with E-state index in [2.05, 4.69) is 0 Å². The summed E-state index contributed by atoms with van der Waals surface area (Å²) in [6, 6.07) is 18.1. The monoisotopic (exact) mass is 328 g/mol. The van der Waals surface area contributed by atoms with Crippen molar-refractivity contribution < 1.29 is 19.4 Å². The zero-order valence-corrected chi connectivity index (χ0v) is 13.0. The molecule has 0 atom stereocenters. The lowest BCUT2D eigenvalue weighted by molar-refractivity contribution is 0.104. The van der Waals surface area contributed by atoms with Crippen LogP contribution in [0.2, 0.25) is 0 Å². The number of phenols is 2. The Labute approximate surface area is 142 Å². The zero-order valence-electron chi connectivity index (χ0n) is 13.0. The van der Waals surface area contributed by atoms with E-state index in [0.717, 1.165) is 16.7 Å². The van der Waals surface area contributed by atoms with E-state index in [1.807, 2.05) is 48.5 Å². The quantitative estimate of drug-likeness (QED) is 0.437. The highest BCUT2D eigenvalue weighted by molar-refractivity contribution is 6.28. The predicted molar refractivity (Wildman–Crippen MR) is 93.8 cm³/mol. The minimum atomic E-state index is -0.366. The van der Waals surface area contributed by atoms with Gasteiger partial charge in [0.2, 0.25) is 5.75 Å². The van der Waals surface area contributed by atoms with E-state index < -0.39 is 0 Å². The second kappa shape index (κ2) is 4.74. The highest BCUT2D eigenvalue weighted by Gasteiger charge is 2.33. The molecule has 0 saturated carbocycles. The second-order valence-corrected chi connectivity index (χ2v) is 6.04. The average molecular weight is 328 g/mol. The maximum Gasteiger partial charge on any atom is 0.201 e. The fourth-order valence-electron chi connectivity index (χ4n) is 3.52. The lowest BCUT2D eigenvalue weighted by Crippen LogP contribution is -2.08. The SMILES string of the molecule is O=C1c2ccccc2-c2c(-c3ccccc3)oc3c(O)c(O)cc1c23. The number of rotatable bonds is 1. The number of phenolic OH excluding ortho intramolecular Hbond substituents is 2. The van der Waals surface area contributed by atoms with Crippen LogP contribution in [0.4, 0.5) is 0 Å². The van der Waals surface area contributed by atoms with Crippen molar-refractivity contribution in [3.05, 3.63) is 71.8 Å². The molecule has 3 aromatic carbocycles. The van der Waals surface area contributed by atoms with Gasteiger partial charge in [-0.1, -0.05) is 54.6 Å². The molecule has 1 aliphatic rings. The van der Waals surface area contributed by atoms with Gasteiger partial charge in [0, 0.05) is 27.6 Å². The third-order valence-electron chi connectivity index (χ3n) is 4.64. The topological polar surface area (TPSA) is 70.7 Å². The number of hydrogen-bond acceptors (Lipinski definition) is 4. The number of benzene rings is 3. The Morgan fingerprint density at radius 2 is 1.48 bits per heavy atom. The molecule has 4 heteroatoms. The van der Waals surface area contributed by atoms with Gasteiger partial charge in [0.15, 0.2) is 17.1 Å². The molecule has 25 heavy (non-hydrogen) atoms. The highest BCUT2D eigenvalue weighted by atomic mass is 16.4. The molecule has 0 unspecified atom stereocenters. The molecule has 120 valence electrons. The molecule has 0 bridgehead atoms. The first-order chi connectivity index (χ1) is 12.2. The van der Waals surface area contributed by atoms with Crippen LogP contribution < -0.4 is 0 Å². The molecule has 0 amide bonds. The largest absolute Gasteiger partial charge is 0.504 e. The van der Waals surface area contributed by atoms with Crippen LogP contribution in [0.5, 0.6) is 11.5 Å². The van der Waals surface area contributed by atoms with E-state index in [1.165, 1.54) is 6.07 Å². The van der Waals surface area contributed by atoms with E-state index in [1.54, 1.807) is 6.07 Å². The van der Waals surface area contributed by atoms with Gasteiger partial charge in [-0.25, -0.2) is 0 Å². The Morgan fingerprint density at radius 3 is 2.24 bits per heavy atom. The Kier molecular flexibility index (Phi) is 2.63. The van der Waals surface area contributed by atoms with E-state index >= 15 is 0 Å². The van der Waals surface area contributed by atoms with Crippen LogP contribution >= 0.6 is 0 Å². The summed E-state index contributed by atoms with van der Waals surface area (Å²) < 4.78 is 5.95. The Balaban J connectivity index is 2.02. The van der Waals surface area contributed by atoms with Gasteiger partial charge in [0.1, 0.15) is 5.76 Å². The van der Waals surface area contributed by atoms with E-state index in [-0.39, 0.29) is 22.9 Å². The number of furan rings is 1. The van der Waals surface area contributed by atoms with Crippen molar-refractivity contribution >= 4 is 16.8 Å². The average Bonchev–Trinajstić information content (AvgIpc) is 3.05. The van der Waals surface area contributed by atoms with Crippen molar-refractivity contribution in [2.24, 2.45) is 0 Å². The summed E-state index contributed by atoms with van der Waals surface area (Å²) >= 11 is 0. The van der Waals surface area contributed by atoms with Gasteiger partial charge in [0.25, 0.3) is 0 Å². The Morgan fingerprint density at radius 1 is 0.800 bits per heavy atom. The molecule has 4 nitrogen and oxygen atoms in total. The lowest BCUT2D eigenvalue weighted by atomic mass is 9.83. The maximum atomic E-state index is 12.9. The first kappa shape index (κ1) is 13.9. The molecule has 2 N–H and O–H groups in total. The smallest absolute Gasteiger partial charge is 0.201 e. The van der Waals surface area contributed by atoms with Crippen molar-refractivity contribution in [1.82, 2.24) is 0 Å². The summed E-state index contributed by atoms with van der Waals surface area (Å²) in [5.74, 6) is -0.342. The maximum absolute atomic E-state index is 12.9. The van der Waals surface area contributed by atoms with Gasteiger partial charge in [-0.15, -0.1) is 0 Å². The molecule has 1 aromatic heterocycles. The number of ketones is 1. The molecule has 0 saturated heterocycles. The molecule has 4 aromatic rings. The minimum absolute atomic E-state index is 0.131. The van der Waals surface area contributed by atoms with Crippen LogP contribution in [0.3, 0.4) is 0 Å². The van der Waals surface area contributed by atoms with Crippen LogP contribution in [-0.2, 0) is 0 Å². The summed E-state index contributed by atoms with van der Waals surface area (Å²) in [6.45, 7) is 0. The van der Waals surface area contributed by atoms with E-state index in [0.29, 0.717) is 22.3 Å². The molecule has 0 aliphatic heterocycles. The van der Waals surface area contributed by atoms with Crippen LogP contribution in [-0.4, -0.2) is 16.0 Å². The van der Waals surface area contributed by atoms with Crippen LogP contribution in [0, 0.1) is 0 Å². The van der Waals surface area contributed by atoms with Crippen molar-refractivity contribution in [2.75, 3.05) is 0 Å². The van der Waals surface area contributed by atoms with Gasteiger partial charge >= 0.3 is 0 Å². The highest BCUT2D eigenvalue weighted by Crippen LogP contribution is 2.51. The molecule has 0 fully saturated rings.